The van der Waals surface area contributed by atoms with Crippen LogP contribution < -0.4 is 5.32 Å². The first-order valence-corrected chi connectivity index (χ1v) is 5.57. The Hall–Kier alpha value is -1.28. The first kappa shape index (κ1) is 8.98. The molecular weight excluding hydrogens is 184 g/mol. The second-order valence-electron chi connectivity index (χ2n) is 4.55. The average molecular weight is 200 g/mol. The Bertz CT molecular complexity index is 480. The highest BCUT2D eigenvalue weighted by atomic mass is 14.9. The van der Waals surface area contributed by atoms with E-state index in [0.29, 0.717) is 0 Å². The predicted molar refractivity (Wildman–Crippen MR) is 63.0 cm³/mol. The van der Waals surface area contributed by atoms with Crippen LogP contribution in [0.25, 0.3) is 10.9 Å². The number of nitrogens with zero attached hydrogens (tertiary/aromatic N) is 1. The largest absolute Gasteiger partial charge is 0.351 e. The highest BCUT2D eigenvalue weighted by Gasteiger charge is 2.16. The molecule has 0 atom stereocenters. The quantitative estimate of drug-likeness (QED) is 0.784. The van der Waals surface area contributed by atoms with Crippen molar-refractivity contribution in [2.24, 2.45) is 13.0 Å². The molecule has 0 aliphatic carbocycles. The summed E-state index contributed by atoms with van der Waals surface area (Å²) in [5.74, 6) is 0.853. The number of nitrogens with one attached hydrogen (secondary N) is 1. The molecule has 2 heteroatoms. The van der Waals surface area contributed by atoms with Crippen LogP contribution in [0.1, 0.15) is 5.56 Å². The molecule has 0 spiro atoms. The van der Waals surface area contributed by atoms with Gasteiger partial charge in [0.25, 0.3) is 0 Å². The molecule has 1 aromatic carbocycles. The van der Waals surface area contributed by atoms with Crippen molar-refractivity contribution < 1.29 is 0 Å². The van der Waals surface area contributed by atoms with Crippen molar-refractivity contribution in [1.29, 1.82) is 0 Å². The molecule has 15 heavy (non-hydrogen) atoms. The smallest absolute Gasteiger partial charge is 0.0477 e. The van der Waals surface area contributed by atoms with E-state index in [-0.39, 0.29) is 0 Å². The molecule has 0 saturated carbocycles. The Labute approximate surface area is 89.9 Å². The summed E-state index contributed by atoms with van der Waals surface area (Å²) >= 11 is 0. The monoisotopic (exact) mass is 200 g/mol. The van der Waals surface area contributed by atoms with Crippen LogP contribution in [-0.2, 0) is 13.5 Å². The maximum atomic E-state index is 3.32. The number of hydrogen-bond acceptors (Lipinski definition) is 1. The molecule has 0 radical (unpaired) electrons. The van der Waals surface area contributed by atoms with Gasteiger partial charge < -0.3 is 9.88 Å². The van der Waals surface area contributed by atoms with Crippen molar-refractivity contribution in [2.45, 2.75) is 6.42 Å². The highest BCUT2D eigenvalue weighted by molar-refractivity contribution is 5.80. The molecule has 1 saturated heterocycles. The van der Waals surface area contributed by atoms with Gasteiger partial charge in [0.05, 0.1) is 0 Å². The number of rotatable bonds is 2. The molecule has 1 aliphatic heterocycles. The summed E-state index contributed by atoms with van der Waals surface area (Å²) in [6, 6.07) is 9.02. The fraction of sp³-hybridized carbons (Fsp3) is 0.385. The maximum Gasteiger partial charge on any atom is 0.0477 e. The van der Waals surface area contributed by atoms with Gasteiger partial charge in [-0.25, -0.2) is 0 Å². The first-order valence-electron chi connectivity index (χ1n) is 5.57. The lowest BCUT2D eigenvalue weighted by atomic mass is 9.94. The van der Waals surface area contributed by atoms with Gasteiger partial charge in [-0.15, -0.1) is 0 Å². The van der Waals surface area contributed by atoms with Gasteiger partial charge in [-0.2, -0.15) is 0 Å². The summed E-state index contributed by atoms with van der Waals surface area (Å²) in [5.41, 5.74) is 2.80. The minimum atomic E-state index is 0.853. The van der Waals surface area contributed by atoms with Crippen LogP contribution in [0, 0.1) is 5.92 Å². The van der Waals surface area contributed by atoms with Crippen molar-refractivity contribution in [2.75, 3.05) is 13.1 Å². The van der Waals surface area contributed by atoms with E-state index in [1.807, 2.05) is 0 Å². The van der Waals surface area contributed by atoms with Crippen molar-refractivity contribution in [3.05, 3.63) is 36.0 Å². The second-order valence-corrected chi connectivity index (χ2v) is 4.55. The molecule has 2 heterocycles. The summed E-state index contributed by atoms with van der Waals surface area (Å²) in [7, 11) is 2.10. The van der Waals surface area contributed by atoms with Crippen LogP contribution in [0.2, 0.25) is 0 Å². The topological polar surface area (TPSA) is 17.0 Å². The molecule has 1 aliphatic rings. The molecule has 0 amide bonds. The standard InChI is InChI=1S/C13H16N2/c1-15-5-4-12-7-10(2-3-13(12)15)6-11-8-14-9-11/h2-5,7,11,14H,6,8-9H2,1H3. The van der Waals surface area contributed by atoms with Gasteiger partial charge in [0.1, 0.15) is 0 Å². The van der Waals surface area contributed by atoms with E-state index in [1.165, 1.54) is 36.0 Å². The lowest BCUT2D eigenvalue weighted by Gasteiger charge is -2.27. The third kappa shape index (κ3) is 1.55. The number of benzene rings is 1. The third-order valence-corrected chi connectivity index (χ3v) is 3.34. The van der Waals surface area contributed by atoms with E-state index in [0.717, 1.165) is 5.92 Å². The molecular formula is C13H16N2. The zero-order valence-electron chi connectivity index (χ0n) is 9.03. The van der Waals surface area contributed by atoms with E-state index < -0.39 is 0 Å². The highest BCUT2D eigenvalue weighted by Crippen LogP contribution is 2.19. The summed E-state index contributed by atoms with van der Waals surface area (Å²) in [6.45, 7) is 2.37. The van der Waals surface area contributed by atoms with E-state index in [2.05, 4.69) is 47.4 Å². The minimum Gasteiger partial charge on any atom is -0.351 e. The van der Waals surface area contributed by atoms with Gasteiger partial charge in [-0.1, -0.05) is 6.07 Å². The average Bonchev–Trinajstić information content (AvgIpc) is 2.54. The van der Waals surface area contributed by atoms with E-state index in [9.17, 15) is 0 Å². The summed E-state index contributed by atoms with van der Waals surface area (Å²) in [5, 5.41) is 4.68. The Morgan fingerprint density at radius 2 is 2.20 bits per heavy atom. The summed E-state index contributed by atoms with van der Waals surface area (Å²) < 4.78 is 2.17. The molecule has 0 bridgehead atoms. The second kappa shape index (κ2) is 3.38. The zero-order valence-corrected chi connectivity index (χ0v) is 9.03. The lowest BCUT2D eigenvalue weighted by molar-refractivity contribution is 0.346. The maximum absolute atomic E-state index is 3.32. The van der Waals surface area contributed by atoms with Gasteiger partial charge in [-0.3, -0.25) is 0 Å². The fourth-order valence-corrected chi connectivity index (χ4v) is 2.28. The predicted octanol–water partition coefficient (Wildman–Crippen LogP) is 1.94. The van der Waals surface area contributed by atoms with E-state index in [1.54, 1.807) is 0 Å². The summed E-state index contributed by atoms with van der Waals surface area (Å²) in [6.07, 6.45) is 3.34. The number of aryl methyl sites for hydroxylation is 1. The molecule has 78 valence electrons. The number of fused-ring (bicyclic) bond motifs is 1. The zero-order chi connectivity index (χ0) is 10.3. The number of aromatic nitrogens is 1. The van der Waals surface area contributed by atoms with Crippen LogP contribution in [-0.4, -0.2) is 17.7 Å². The van der Waals surface area contributed by atoms with Crippen LogP contribution in [0.4, 0.5) is 0 Å². The molecule has 3 rings (SSSR count). The molecule has 1 aromatic heterocycles. The molecule has 1 fully saturated rings. The number of hydrogen-bond donors (Lipinski definition) is 1. The van der Waals surface area contributed by atoms with Crippen LogP contribution >= 0.6 is 0 Å². The molecule has 1 N–H and O–H groups in total. The van der Waals surface area contributed by atoms with Crippen molar-refractivity contribution in [1.82, 2.24) is 9.88 Å². The lowest BCUT2D eigenvalue weighted by Crippen LogP contribution is -2.43. The van der Waals surface area contributed by atoms with Gasteiger partial charge >= 0.3 is 0 Å². The summed E-state index contributed by atoms with van der Waals surface area (Å²) in [4.78, 5) is 0. The fourth-order valence-electron chi connectivity index (χ4n) is 2.28. The van der Waals surface area contributed by atoms with Gasteiger partial charge in [-0.05, 0) is 54.6 Å². The van der Waals surface area contributed by atoms with Gasteiger partial charge in [0, 0.05) is 18.8 Å². The molecule has 2 aromatic rings. The first-order chi connectivity index (χ1) is 7.33. The molecule has 0 unspecified atom stereocenters. The normalized spacial score (nSPS) is 16.9. The van der Waals surface area contributed by atoms with Crippen molar-refractivity contribution in [3.8, 4) is 0 Å². The van der Waals surface area contributed by atoms with Crippen LogP contribution in [0.5, 0.6) is 0 Å². The minimum absolute atomic E-state index is 0.853. The Balaban J connectivity index is 1.91. The van der Waals surface area contributed by atoms with Crippen LogP contribution in [0.15, 0.2) is 30.5 Å². The van der Waals surface area contributed by atoms with E-state index >= 15 is 0 Å². The Kier molecular flexibility index (Phi) is 2.03. The van der Waals surface area contributed by atoms with Crippen molar-refractivity contribution >= 4 is 10.9 Å². The van der Waals surface area contributed by atoms with Gasteiger partial charge in [0.15, 0.2) is 0 Å². The van der Waals surface area contributed by atoms with E-state index in [4.69, 9.17) is 0 Å². The third-order valence-electron chi connectivity index (χ3n) is 3.34. The van der Waals surface area contributed by atoms with Gasteiger partial charge in [0.2, 0.25) is 0 Å². The SMILES string of the molecule is Cn1ccc2cc(CC3CNC3)ccc21. The van der Waals surface area contributed by atoms with Crippen molar-refractivity contribution in [3.63, 3.8) is 0 Å². The Morgan fingerprint density at radius 3 is 2.93 bits per heavy atom. The molecule has 2 nitrogen and oxygen atoms in total. The Morgan fingerprint density at radius 1 is 1.33 bits per heavy atom. The van der Waals surface area contributed by atoms with Crippen LogP contribution in [0.3, 0.4) is 0 Å².